The standard InChI is InChI=1S/C14H20N6S/c1-4-16-12-17-13(20(5-2)6-3)19-14(18-12)21-11-7-9-15-10-8-11/h7-10H,4-6H2,1-3H3,(H,16,17,18,19). The first kappa shape index (κ1) is 15.5. The minimum absolute atomic E-state index is 0.617. The molecule has 21 heavy (non-hydrogen) atoms. The van der Waals surface area contributed by atoms with Crippen LogP contribution in [0.25, 0.3) is 0 Å². The number of nitrogens with one attached hydrogen (secondary N) is 1. The molecule has 0 aliphatic rings. The summed E-state index contributed by atoms with van der Waals surface area (Å²) < 4.78 is 0. The molecule has 0 saturated heterocycles. The molecule has 0 aliphatic heterocycles. The van der Waals surface area contributed by atoms with Crippen molar-refractivity contribution in [3.8, 4) is 0 Å². The summed E-state index contributed by atoms with van der Waals surface area (Å²) in [6.07, 6.45) is 3.53. The number of nitrogens with zero attached hydrogens (tertiary/aromatic N) is 5. The van der Waals surface area contributed by atoms with Crippen molar-refractivity contribution < 1.29 is 0 Å². The molecule has 2 aromatic rings. The Labute approximate surface area is 129 Å². The molecule has 112 valence electrons. The summed E-state index contributed by atoms with van der Waals surface area (Å²) in [5.41, 5.74) is 0. The molecule has 2 rings (SSSR count). The average Bonchev–Trinajstić information content (AvgIpc) is 2.50. The van der Waals surface area contributed by atoms with Crippen molar-refractivity contribution in [3.63, 3.8) is 0 Å². The highest BCUT2D eigenvalue weighted by Crippen LogP contribution is 2.25. The van der Waals surface area contributed by atoms with Crippen LogP contribution in [0.15, 0.2) is 34.6 Å². The Kier molecular flexibility index (Phi) is 5.74. The SMILES string of the molecule is CCNc1nc(Sc2ccncc2)nc(N(CC)CC)n1. The fourth-order valence-electron chi connectivity index (χ4n) is 1.79. The zero-order chi connectivity index (χ0) is 15.1. The molecule has 1 N–H and O–H groups in total. The summed E-state index contributed by atoms with van der Waals surface area (Å²) in [7, 11) is 0. The van der Waals surface area contributed by atoms with Crippen LogP contribution < -0.4 is 10.2 Å². The van der Waals surface area contributed by atoms with Gasteiger partial charge in [-0.25, -0.2) is 0 Å². The van der Waals surface area contributed by atoms with Gasteiger partial charge in [-0.3, -0.25) is 4.98 Å². The highest BCUT2D eigenvalue weighted by molar-refractivity contribution is 7.99. The molecule has 7 heteroatoms. The Bertz CT molecular complexity index is 559. The minimum Gasteiger partial charge on any atom is -0.354 e. The van der Waals surface area contributed by atoms with E-state index < -0.39 is 0 Å². The van der Waals surface area contributed by atoms with Crippen LogP contribution in [0.4, 0.5) is 11.9 Å². The van der Waals surface area contributed by atoms with E-state index in [0.717, 1.165) is 24.5 Å². The third-order valence-corrected chi connectivity index (χ3v) is 3.72. The van der Waals surface area contributed by atoms with Crippen molar-refractivity contribution >= 4 is 23.7 Å². The third-order valence-electron chi connectivity index (χ3n) is 2.84. The Hall–Kier alpha value is -1.89. The van der Waals surface area contributed by atoms with E-state index in [1.165, 1.54) is 11.8 Å². The normalized spacial score (nSPS) is 10.4. The van der Waals surface area contributed by atoms with Crippen LogP contribution in [0.5, 0.6) is 0 Å². The number of anilines is 2. The first-order chi connectivity index (χ1) is 10.3. The highest BCUT2D eigenvalue weighted by atomic mass is 32.2. The highest BCUT2D eigenvalue weighted by Gasteiger charge is 2.11. The lowest BCUT2D eigenvalue weighted by Gasteiger charge is -2.19. The topological polar surface area (TPSA) is 66.8 Å². The molecule has 2 heterocycles. The van der Waals surface area contributed by atoms with Crippen molar-refractivity contribution in [2.24, 2.45) is 0 Å². The zero-order valence-electron chi connectivity index (χ0n) is 12.6. The third kappa shape index (κ3) is 4.29. The fraction of sp³-hybridized carbons (Fsp3) is 0.429. The summed E-state index contributed by atoms with van der Waals surface area (Å²) in [5.74, 6) is 1.33. The molecule has 0 unspecified atom stereocenters. The summed E-state index contributed by atoms with van der Waals surface area (Å²) >= 11 is 1.51. The van der Waals surface area contributed by atoms with Crippen LogP contribution in [0.1, 0.15) is 20.8 Å². The molecule has 0 saturated carbocycles. The first-order valence-corrected chi connectivity index (χ1v) is 7.91. The summed E-state index contributed by atoms with van der Waals surface area (Å²) in [5, 5.41) is 3.85. The number of aromatic nitrogens is 4. The van der Waals surface area contributed by atoms with Crippen LogP contribution in [-0.2, 0) is 0 Å². The molecule has 0 fully saturated rings. The van der Waals surface area contributed by atoms with Gasteiger partial charge in [0.25, 0.3) is 0 Å². The summed E-state index contributed by atoms with van der Waals surface area (Å²) in [6.45, 7) is 8.72. The van der Waals surface area contributed by atoms with Gasteiger partial charge in [0.1, 0.15) is 0 Å². The van der Waals surface area contributed by atoms with E-state index in [4.69, 9.17) is 0 Å². The number of rotatable bonds is 7. The van der Waals surface area contributed by atoms with Gasteiger partial charge in [-0.15, -0.1) is 0 Å². The van der Waals surface area contributed by atoms with Crippen molar-refractivity contribution in [1.29, 1.82) is 0 Å². The zero-order valence-corrected chi connectivity index (χ0v) is 13.4. The fourth-order valence-corrected chi connectivity index (χ4v) is 2.52. The monoisotopic (exact) mass is 304 g/mol. The average molecular weight is 304 g/mol. The number of hydrogen-bond donors (Lipinski definition) is 1. The van der Waals surface area contributed by atoms with Gasteiger partial charge in [0.05, 0.1) is 0 Å². The molecule has 0 amide bonds. The Morgan fingerprint density at radius 3 is 2.38 bits per heavy atom. The lowest BCUT2D eigenvalue weighted by Crippen LogP contribution is -2.25. The lowest BCUT2D eigenvalue weighted by atomic mass is 10.5. The van der Waals surface area contributed by atoms with Gasteiger partial charge in [0.15, 0.2) is 5.16 Å². The van der Waals surface area contributed by atoms with Gasteiger partial charge in [0, 0.05) is 36.9 Å². The molecular formula is C14H20N6S. The van der Waals surface area contributed by atoms with Crippen molar-refractivity contribution in [3.05, 3.63) is 24.5 Å². The quantitative estimate of drug-likeness (QED) is 0.843. The molecule has 0 aromatic carbocycles. The van der Waals surface area contributed by atoms with Gasteiger partial charge >= 0.3 is 0 Å². The van der Waals surface area contributed by atoms with Gasteiger partial charge < -0.3 is 10.2 Å². The Morgan fingerprint density at radius 2 is 1.76 bits per heavy atom. The van der Waals surface area contributed by atoms with Gasteiger partial charge in [-0.1, -0.05) is 0 Å². The largest absolute Gasteiger partial charge is 0.354 e. The second-order valence-electron chi connectivity index (χ2n) is 4.23. The number of hydrogen-bond acceptors (Lipinski definition) is 7. The van der Waals surface area contributed by atoms with Gasteiger partial charge in [-0.05, 0) is 44.7 Å². The molecule has 6 nitrogen and oxygen atoms in total. The smallest absolute Gasteiger partial charge is 0.231 e. The molecule has 0 radical (unpaired) electrons. The van der Waals surface area contributed by atoms with E-state index in [9.17, 15) is 0 Å². The second kappa shape index (κ2) is 7.78. The number of pyridine rings is 1. The van der Waals surface area contributed by atoms with Crippen LogP contribution in [0.2, 0.25) is 0 Å². The van der Waals surface area contributed by atoms with Gasteiger partial charge in [0.2, 0.25) is 11.9 Å². The predicted molar refractivity (Wildman–Crippen MR) is 85.9 cm³/mol. The molecular weight excluding hydrogens is 284 g/mol. The van der Waals surface area contributed by atoms with Crippen LogP contribution >= 0.6 is 11.8 Å². The summed E-state index contributed by atoms with van der Waals surface area (Å²) in [6, 6.07) is 3.89. The van der Waals surface area contributed by atoms with Crippen molar-refractivity contribution in [2.45, 2.75) is 30.8 Å². The maximum absolute atomic E-state index is 4.56. The van der Waals surface area contributed by atoms with E-state index in [-0.39, 0.29) is 0 Å². The van der Waals surface area contributed by atoms with Crippen LogP contribution in [0, 0.1) is 0 Å². The summed E-state index contributed by atoms with van der Waals surface area (Å²) in [4.78, 5) is 20.7. The molecule has 0 atom stereocenters. The molecule has 0 bridgehead atoms. The van der Waals surface area contributed by atoms with E-state index in [2.05, 4.69) is 44.0 Å². The second-order valence-corrected chi connectivity index (χ2v) is 5.27. The van der Waals surface area contributed by atoms with E-state index in [0.29, 0.717) is 17.1 Å². The Morgan fingerprint density at radius 1 is 1.05 bits per heavy atom. The van der Waals surface area contributed by atoms with E-state index >= 15 is 0 Å². The predicted octanol–water partition coefficient (Wildman–Crippen LogP) is 2.70. The lowest BCUT2D eigenvalue weighted by molar-refractivity contribution is 0.783. The van der Waals surface area contributed by atoms with E-state index in [1.54, 1.807) is 12.4 Å². The molecule has 0 aliphatic carbocycles. The first-order valence-electron chi connectivity index (χ1n) is 7.09. The molecule has 0 spiro atoms. The Balaban J connectivity index is 2.30. The van der Waals surface area contributed by atoms with Crippen molar-refractivity contribution in [2.75, 3.05) is 29.9 Å². The van der Waals surface area contributed by atoms with Crippen LogP contribution in [0.3, 0.4) is 0 Å². The van der Waals surface area contributed by atoms with E-state index in [1.807, 2.05) is 19.1 Å². The van der Waals surface area contributed by atoms with Crippen molar-refractivity contribution in [1.82, 2.24) is 19.9 Å². The maximum Gasteiger partial charge on any atom is 0.231 e. The van der Waals surface area contributed by atoms with Gasteiger partial charge in [-0.2, -0.15) is 15.0 Å². The maximum atomic E-state index is 4.56. The van der Waals surface area contributed by atoms with Crippen LogP contribution in [-0.4, -0.2) is 39.6 Å². The minimum atomic E-state index is 0.617. The molecule has 2 aromatic heterocycles.